The zero-order chi connectivity index (χ0) is 23.5. The lowest BCUT2D eigenvalue weighted by molar-refractivity contribution is -0.268. The van der Waals surface area contributed by atoms with Gasteiger partial charge in [0.05, 0.1) is 6.10 Å². The maximum Gasteiger partial charge on any atom is 0.229 e. The van der Waals surface area contributed by atoms with E-state index in [0.717, 1.165) is 30.4 Å². The minimum Gasteiger partial charge on any atom is -0.504 e. The largest absolute Gasteiger partial charge is 0.504 e. The molecule has 1 fully saturated rings. The minimum atomic E-state index is -1.42. The Hall–Kier alpha value is -1.60. The van der Waals surface area contributed by atoms with Crippen molar-refractivity contribution in [1.29, 1.82) is 0 Å². The lowest BCUT2D eigenvalue weighted by Crippen LogP contribution is -2.58. The third-order valence-corrected chi connectivity index (χ3v) is 7.83. The highest BCUT2D eigenvalue weighted by Gasteiger charge is 2.45. The summed E-state index contributed by atoms with van der Waals surface area (Å²) in [4.78, 5) is 0. The second-order valence-corrected chi connectivity index (χ2v) is 10.5. The summed E-state index contributed by atoms with van der Waals surface area (Å²) < 4.78 is 11.8. The van der Waals surface area contributed by atoms with Gasteiger partial charge in [-0.1, -0.05) is 25.5 Å². The second kappa shape index (κ2) is 8.64. The SMILES string of the molecule is CC(C)=C[C@H]1C[C@H](C)[C@H]2CCC(C)c3c(O)c(OC4OC(C)C(O)C(O)C4O)c(C)c1c32. The molecule has 0 aromatic heterocycles. The Labute approximate surface area is 190 Å². The van der Waals surface area contributed by atoms with Crippen molar-refractivity contribution in [2.75, 3.05) is 0 Å². The summed E-state index contributed by atoms with van der Waals surface area (Å²) in [6, 6.07) is 0. The molecular formula is C26H38O6. The molecule has 0 radical (unpaired) electrons. The van der Waals surface area contributed by atoms with Gasteiger partial charge in [-0.2, -0.15) is 0 Å². The quantitative estimate of drug-likeness (QED) is 0.524. The smallest absolute Gasteiger partial charge is 0.229 e. The Kier molecular flexibility index (Phi) is 6.36. The first-order valence-electron chi connectivity index (χ1n) is 11.9. The monoisotopic (exact) mass is 446 g/mol. The lowest BCUT2D eigenvalue weighted by atomic mass is 9.62. The Morgan fingerprint density at radius 2 is 1.66 bits per heavy atom. The summed E-state index contributed by atoms with van der Waals surface area (Å²) in [6.07, 6.45) is -0.415. The lowest BCUT2D eigenvalue weighted by Gasteiger charge is -2.44. The molecule has 2 aliphatic carbocycles. The number of allylic oxidation sites excluding steroid dienone is 2. The normalized spacial score (nSPS) is 38.7. The molecule has 0 spiro atoms. The summed E-state index contributed by atoms with van der Waals surface area (Å²) in [7, 11) is 0. The van der Waals surface area contributed by atoms with Gasteiger partial charge in [-0.25, -0.2) is 0 Å². The number of aromatic hydroxyl groups is 1. The first-order chi connectivity index (χ1) is 15.0. The average Bonchev–Trinajstić information content (AvgIpc) is 2.72. The Morgan fingerprint density at radius 1 is 0.969 bits per heavy atom. The van der Waals surface area contributed by atoms with E-state index in [1.165, 1.54) is 16.7 Å². The highest BCUT2D eigenvalue weighted by Crippen LogP contribution is 2.58. The molecule has 1 aromatic rings. The van der Waals surface area contributed by atoms with Gasteiger partial charge in [0.2, 0.25) is 6.29 Å². The number of rotatable bonds is 3. The average molecular weight is 447 g/mol. The maximum absolute atomic E-state index is 11.4. The zero-order valence-electron chi connectivity index (χ0n) is 20.0. The highest BCUT2D eigenvalue weighted by molar-refractivity contribution is 5.64. The van der Waals surface area contributed by atoms with Gasteiger partial charge < -0.3 is 29.9 Å². The van der Waals surface area contributed by atoms with E-state index in [1.54, 1.807) is 6.92 Å². The molecule has 6 heteroatoms. The van der Waals surface area contributed by atoms with Gasteiger partial charge in [0, 0.05) is 11.5 Å². The van der Waals surface area contributed by atoms with E-state index in [0.29, 0.717) is 17.6 Å². The van der Waals surface area contributed by atoms with E-state index in [9.17, 15) is 20.4 Å². The van der Waals surface area contributed by atoms with Crippen LogP contribution in [-0.2, 0) is 4.74 Å². The van der Waals surface area contributed by atoms with Crippen molar-refractivity contribution in [3.8, 4) is 11.5 Å². The molecule has 1 aromatic carbocycles. The van der Waals surface area contributed by atoms with Gasteiger partial charge in [0.15, 0.2) is 11.5 Å². The molecule has 32 heavy (non-hydrogen) atoms. The number of hydrogen-bond donors (Lipinski definition) is 4. The van der Waals surface area contributed by atoms with Crippen LogP contribution in [0, 0.1) is 12.8 Å². The van der Waals surface area contributed by atoms with Crippen LogP contribution in [0.25, 0.3) is 0 Å². The predicted molar refractivity (Wildman–Crippen MR) is 122 cm³/mol. The molecule has 178 valence electrons. The standard InChI is InChI=1S/C26H38O6/c1-11(2)9-16-10-13(4)17-8-7-12(3)18-20(17)19(16)14(5)25(22(18)28)32-26-24(30)23(29)21(27)15(6)31-26/h9,12-13,15-17,21,23-24,26-30H,7-8,10H2,1-6H3/t12?,13-,15?,16-,17+,21?,23?,24?,26?/m0/s1. The van der Waals surface area contributed by atoms with Crippen LogP contribution < -0.4 is 4.74 Å². The molecule has 0 bridgehead atoms. The van der Waals surface area contributed by atoms with Crippen molar-refractivity contribution in [3.05, 3.63) is 33.9 Å². The summed E-state index contributed by atoms with van der Waals surface area (Å²) in [5, 5.41) is 42.1. The van der Waals surface area contributed by atoms with E-state index in [1.807, 2.05) is 6.92 Å². The first kappa shape index (κ1) is 23.6. The maximum atomic E-state index is 11.4. The van der Waals surface area contributed by atoms with Gasteiger partial charge in [-0.05, 0) is 81.4 Å². The van der Waals surface area contributed by atoms with Crippen LogP contribution in [0.4, 0.5) is 0 Å². The molecule has 6 nitrogen and oxygen atoms in total. The number of phenolic OH excluding ortho intramolecular Hbond substituents is 1. The van der Waals surface area contributed by atoms with Gasteiger partial charge in [0.25, 0.3) is 0 Å². The molecule has 1 saturated heterocycles. The highest BCUT2D eigenvalue weighted by atomic mass is 16.7. The minimum absolute atomic E-state index is 0.118. The zero-order valence-corrected chi connectivity index (χ0v) is 20.0. The summed E-state index contributed by atoms with van der Waals surface area (Å²) >= 11 is 0. The molecular weight excluding hydrogens is 408 g/mol. The first-order valence-corrected chi connectivity index (χ1v) is 11.9. The fourth-order valence-corrected chi connectivity index (χ4v) is 6.17. The number of aliphatic hydroxyl groups is 3. The Morgan fingerprint density at radius 3 is 2.31 bits per heavy atom. The van der Waals surface area contributed by atoms with Crippen molar-refractivity contribution in [2.45, 2.75) is 109 Å². The van der Waals surface area contributed by atoms with Crippen LogP contribution >= 0.6 is 0 Å². The summed E-state index contributed by atoms with van der Waals surface area (Å²) in [6.45, 7) is 12.3. The molecule has 0 saturated carbocycles. The molecule has 1 aliphatic heterocycles. The number of ether oxygens (including phenoxy) is 2. The fourth-order valence-electron chi connectivity index (χ4n) is 6.17. The third-order valence-electron chi connectivity index (χ3n) is 7.83. The molecule has 6 unspecified atom stereocenters. The summed E-state index contributed by atoms with van der Waals surface area (Å²) in [5.41, 5.74) is 5.57. The number of phenols is 1. The molecule has 1 heterocycles. The van der Waals surface area contributed by atoms with Crippen LogP contribution in [0.3, 0.4) is 0 Å². The van der Waals surface area contributed by atoms with Crippen LogP contribution in [0.5, 0.6) is 11.5 Å². The van der Waals surface area contributed by atoms with E-state index >= 15 is 0 Å². The molecule has 3 aliphatic rings. The second-order valence-electron chi connectivity index (χ2n) is 10.5. The van der Waals surface area contributed by atoms with E-state index < -0.39 is 30.7 Å². The van der Waals surface area contributed by atoms with Crippen LogP contribution in [-0.4, -0.2) is 51.1 Å². The molecule has 4 rings (SSSR count). The van der Waals surface area contributed by atoms with E-state index in [4.69, 9.17) is 9.47 Å². The number of hydrogen-bond acceptors (Lipinski definition) is 6. The molecule has 0 amide bonds. The number of benzene rings is 1. The molecule has 4 N–H and O–H groups in total. The van der Waals surface area contributed by atoms with Crippen LogP contribution in [0.2, 0.25) is 0 Å². The third kappa shape index (κ3) is 3.75. The number of aliphatic hydroxyl groups excluding tert-OH is 3. The van der Waals surface area contributed by atoms with Gasteiger partial charge in [-0.3, -0.25) is 0 Å². The van der Waals surface area contributed by atoms with Gasteiger partial charge in [-0.15, -0.1) is 0 Å². The Bertz CT molecular complexity index is 904. The van der Waals surface area contributed by atoms with E-state index in [-0.39, 0.29) is 17.6 Å². The van der Waals surface area contributed by atoms with Crippen molar-refractivity contribution >= 4 is 0 Å². The molecule has 9 atom stereocenters. The van der Waals surface area contributed by atoms with Crippen LogP contribution in [0.15, 0.2) is 11.6 Å². The predicted octanol–water partition coefficient (Wildman–Crippen LogP) is 3.98. The Balaban J connectivity index is 1.85. The van der Waals surface area contributed by atoms with Crippen LogP contribution in [0.1, 0.15) is 93.9 Å². The van der Waals surface area contributed by atoms with Crippen molar-refractivity contribution in [3.63, 3.8) is 0 Å². The van der Waals surface area contributed by atoms with Gasteiger partial charge >= 0.3 is 0 Å². The topological polar surface area (TPSA) is 99.4 Å². The van der Waals surface area contributed by atoms with Gasteiger partial charge in [0.1, 0.15) is 18.3 Å². The summed E-state index contributed by atoms with van der Waals surface area (Å²) in [5.74, 6) is 1.81. The van der Waals surface area contributed by atoms with Crippen molar-refractivity contribution in [1.82, 2.24) is 0 Å². The van der Waals surface area contributed by atoms with Crippen molar-refractivity contribution < 1.29 is 29.9 Å². The van der Waals surface area contributed by atoms with E-state index in [2.05, 4.69) is 33.8 Å². The van der Waals surface area contributed by atoms with Crippen molar-refractivity contribution in [2.24, 2.45) is 5.92 Å². The fraction of sp³-hybridized carbons (Fsp3) is 0.692.